The van der Waals surface area contributed by atoms with E-state index >= 15 is 0 Å². The van der Waals surface area contributed by atoms with Crippen molar-refractivity contribution < 1.29 is 24.1 Å². The Bertz CT molecular complexity index is 694. The topological polar surface area (TPSA) is 65.0 Å². The first-order chi connectivity index (χ1) is 12.1. The van der Waals surface area contributed by atoms with Crippen LogP contribution < -0.4 is 14.2 Å². The van der Waals surface area contributed by atoms with Gasteiger partial charge in [0.25, 0.3) is 0 Å². The second-order valence-corrected chi connectivity index (χ2v) is 5.70. The van der Waals surface area contributed by atoms with Crippen molar-refractivity contribution in [3.05, 3.63) is 53.6 Å². The van der Waals surface area contributed by atoms with Gasteiger partial charge in [-0.25, -0.2) is 0 Å². The molecule has 0 heterocycles. The lowest BCUT2D eigenvalue weighted by Gasteiger charge is -2.16. The second kappa shape index (κ2) is 8.97. The van der Waals surface area contributed by atoms with Gasteiger partial charge in [-0.05, 0) is 48.2 Å². The molecule has 0 aliphatic carbocycles. The quantitative estimate of drug-likeness (QED) is 0.747. The summed E-state index contributed by atoms with van der Waals surface area (Å²) in [6, 6.07) is 12.8. The van der Waals surface area contributed by atoms with E-state index in [9.17, 15) is 9.90 Å². The van der Waals surface area contributed by atoms with E-state index in [-0.39, 0.29) is 0 Å². The Labute approximate surface area is 148 Å². The third kappa shape index (κ3) is 4.89. The van der Waals surface area contributed by atoms with Crippen LogP contribution in [-0.2, 0) is 11.2 Å². The smallest absolute Gasteiger partial charge is 0.311 e. The van der Waals surface area contributed by atoms with Crippen molar-refractivity contribution in [2.75, 3.05) is 20.8 Å². The Morgan fingerprint density at radius 1 is 1.04 bits per heavy atom. The molecule has 0 radical (unpaired) electrons. The lowest BCUT2D eigenvalue weighted by atomic mass is 9.92. The van der Waals surface area contributed by atoms with Crippen molar-refractivity contribution in [3.8, 4) is 17.2 Å². The lowest BCUT2D eigenvalue weighted by Crippen LogP contribution is -2.14. The van der Waals surface area contributed by atoms with E-state index < -0.39 is 11.9 Å². The summed E-state index contributed by atoms with van der Waals surface area (Å²) in [6.45, 7) is 2.72. The minimum atomic E-state index is -0.876. The Morgan fingerprint density at radius 2 is 1.72 bits per heavy atom. The largest absolute Gasteiger partial charge is 0.494 e. The number of aliphatic carboxylic acids is 1. The first kappa shape index (κ1) is 18.6. The molecule has 0 amide bonds. The van der Waals surface area contributed by atoms with Crippen molar-refractivity contribution >= 4 is 5.97 Å². The van der Waals surface area contributed by atoms with E-state index in [4.69, 9.17) is 14.2 Å². The van der Waals surface area contributed by atoms with Gasteiger partial charge >= 0.3 is 5.97 Å². The molecular weight excluding hydrogens is 320 g/mol. The third-order valence-electron chi connectivity index (χ3n) is 3.94. The first-order valence-corrected chi connectivity index (χ1v) is 8.25. The van der Waals surface area contributed by atoms with E-state index in [0.29, 0.717) is 30.1 Å². The van der Waals surface area contributed by atoms with Crippen LogP contribution in [0.3, 0.4) is 0 Å². The van der Waals surface area contributed by atoms with Gasteiger partial charge in [0.2, 0.25) is 0 Å². The number of methoxy groups -OCH3 is 2. The van der Waals surface area contributed by atoms with Crippen molar-refractivity contribution in [2.24, 2.45) is 0 Å². The summed E-state index contributed by atoms with van der Waals surface area (Å²) in [5.41, 5.74) is 1.61. The normalized spacial score (nSPS) is 11.6. The van der Waals surface area contributed by atoms with Crippen LogP contribution in [-0.4, -0.2) is 31.9 Å². The molecule has 1 unspecified atom stereocenters. The standard InChI is InChI=1S/C20H24O5/c1-4-11-25-16-8-5-14(6-9-16)12-17(20(21)22)15-7-10-18(23-2)19(13-15)24-3/h5-10,13,17H,4,11-12H2,1-3H3,(H,21,22). The van der Waals surface area contributed by atoms with Crippen LogP contribution in [0.25, 0.3) is 0 Å². The molecule has 2 aromatic carbocycles. The summed E-state index contributed by atoms with van der Waals surface area (Å²) in [5.74, 6) is 0.353. The van der Waals surface area contributed by atoms with Gasteiger partial charge < -0.3 is 19.3 Å². The van der Waals surface area contributed by atoms with Crippen molar-refractivity contribution in [1.82, 2.24) is 0 Å². The Hall–Kier alpha value is -2.69. The van der Waals surface area contributed by atoms with Gasteiger partial charge in [-0.15, -0.1) is 0 Å². The molecule has 0 aliphatic rings. The van der Waals surface area contributed by atoms with Gasteiger partial charge in [0.1, 0.15) is 5.75 Å². The molecule has 134 valence electrons. The van der Waals surface area contributed by atoms with E-state index in [0.717, 1.165) is 17.7 Å². The minimum absolute atomic E-state index is 0.388. The second-order valence-electron chi connectivity index (χ2n) is 5.70. The molecule has 1 N–H and O–H groups in total. The van der Waals surface area contributed by atoms with Gasteiger partial charge in [0, 0.05) is 0 Å². The van der Waals surface area contributed by atoms with Crippen molar-refractivity contribution in [3.63, 3.8) is 0 Å². The molecule has 1 atom stereocenters. The molecular formula is C20H24O5. The SMILES string of the molecule is CCCOc1ccc(CC(C(=O)O)c2ccc(OC)c(OC)c2)cc1. The summed E-state index contributed by atoms with van der Waals surface area (Å²) >= 11 is 0. The van der Waals surface area contributed by atoms with Crippen LogP contribution in [0.15, 0.2) is 42.5 Å². The highest BCUT2D eigenvalue weighted by molar-refractivity contribution is 5.77. The van der Waals surface area contributed by atoms with Gasteiger partial charge in [0.05, 0.1) is 26.7 Å². The van der Waals surface area contributed by atoms with Crippen molar-refractivity contribution in [1.29, 1.82) is 0 Å². The highest BCUT2D eigenvalue weighted by Gasteiger charge is 2.22. The molecule has 0 saturated carbocycles. The third-order valence-corrected chi connectivity index (χ3v) is 3.94. The van der Waals surface area contributed by atoms with E-state index in [1.54, 1.807) is 25.3 Å². The Kier molecular flexibility index (Phi) is 6.69. The molecule has 5 nitrogen and oxygen atoms in total. The van der Waals surface area contributed by atoms with E-state index in [2.05, 4.69) is 6.92 Å². The molecule has 0 bridgehead atoms. The van der Waals surface area contributed by atoms with Gasteiger partial charge in [-0.3, -0.25) is 4.79 Å². The molecule has 0 aromatic heterocycles. The molecule has 0 spiro atoms. The number of hydrogen-bond acceptors (Lipinski definition) is 4. The maximum Gasteiger partial charge on any atom is 0.311 e. The van der Waals surface area contributed by atoms with E-state index in [1.165, 1.54) is 7.11 Å². The number of ether oxygens (including phenoxy) is 3. The van der Waals surface area contributed by atoms with Crippen LogP contribution in [0, 0.1) is 0 Å². The number of hydrogen-bond donors (Lipinski definition) is 1. The predicted octanol–water partition coefficient (Wildman–Crippen LogP) is 3.90. The average Bonchev–Trinajstić information content (AvgIpc) is 2.64. The number of benzene rings is 2. The molecule has 0 fully saturated rings. The fourth-order valence-corrected chi connectivity index (χ4v) is 2.59. The number of carbonyl (C=O) groups is 1. The fraction of sp³-hybridized carbons (Fsp3) is 0.350. The zero-order chi connectivity index (χ0) is 18.2. The van der Waals surface area contributed by atoms with Crippen LogP contribution >= 0.6 is 0 Å². The monoisotopic (exact) mass is 344 g/mol. The number of carboxylic acids is 1. The maximum atomic E-state index is 11.8. The summed E-state index contributed by atoms with van der Waals surface area (Å²) in [6.07, 6.45) is 1.33. The first-order valence-electron chi connectivity index (χ1n) is 8.25. The summed E-state index contributed by atoms with van der Waals surface area (Å²) < 4.78 is 16.0. The molecule has 2 rings (SSSR count). The zero-order valence-electron chi connectivity index (χ0n) is 14.8. The Morgan fingerprint density at radius 3 is 2.28 bits per heavy atom. The minimum Gasteiger partial charge on any atom is -0.494 e. The summed E-state index contributed by atoms with van der Waals surface area (Å²) in [5, 5.41) is 9.65. The van der Waals surface area contributed by atoms with Gasteiger partial charge in [-0.2, -0.15) is 0 Å². The van der Waals surface area contributed by atoms with Gasteiger partial charge in [0.15, 0.2) is 11.5 Å². The predicted molar refractivity (Wildman–Crippen MR) is 95.9 cm³/mol. The number of rotatable bonds is 9. The van der Waals surface area contributed by atoms with Crippen LogP contribution in [0.4, 0.5) is 0 Å². The molecule has 0 aliphatic heterocycles. The Balaban J connectivity index is 2.20. The highest BCUT2D eigenvalue weighted by atomic mass is 16.5. The molecule has 2 aromatic rings. The summed E-state index contributed by atoms with van der Waals surface area (Å²) in [4.78, 5) is 11.8. The number of carboxylic acid groups (broad SMARTS) is 1. The molecule has 25 heavy (non-hydrogen) atoms. The molecule has 0 saturated heterocycles. The summed E-state index contributed by atoms with van der Waals surface area (Å²) in [7, 11) is 3.08. The maximum absolute atomic E-state index is 11.8. The highest BCUT2D eigenvalue weighted by Crippen LogP contribution is 2.32. The van der Waals surface area contributed by atoms with E-state index in [1.807, 2.05) is 24.3 Å². The van der Waals surface area contributed by atoms with Crippen LogP contribution in [0.2, 0.25) is 0 Å². The molecule has 5 heteroatoms. The zero-order valence-corrected chi connectivity index (χ0v) is 14.8. The average molecular weight is 344 g/mol. The van der Waals surface area contributed by atoms with Crippen molar-refractivity contribution in [2.45, 2.75) is 25.7 Å². The van der Waals surface area contributed by atoms with Crippen LogP contribution in [0.5, 0.6) is 17.2 Å². The van der Waals surface area contributed by atoms with Gasteiger partial charge in [-0.1, -0.05) is 25.1 Å². The lowest BCUT2D eigenvalue weighted by molar-refractivity contribution is -0.138. The fourth-order valence-electron chi connectivity index (χ4n) is 2.59. The van der Waals surface area contributed by atoms with Crippen LogP contribution in [0.1, 0.15) is 30.4 Å².